The fourth-order valence-electron chi connectivity index (χ4n) is 4.45. The number of hydrogen-bond donors (Lipinski definition) is 0. The van der Waals surface area contributed by atoms with E-state index in [4.69, 9.17) is 19.2 Å². The first kappa shape index (κ1) is 15.3. The zero-order valence-corrected chi connectivity index (χ0v) is 13.4. The maximum absolute atomic E-state index is 11.9. The Kier molecular flexibility index (Phi) is 3.79. The average molecular weight is 298 g/mol. The van der Waals surface area contributed by atoms with E-state index in [0.717, 1.165) is 25.7 Å². The van der Waals surface area contributed by atoms with Crippen molar-refractivity contribution in [1.29, 1.82) is 0 Å². The summed E-state index contributed by atoms with van der Waals surface area (Å²) in [5.41, 5.74) is -0.513. The van der Waals surface area contributed by atoms with Gasteiger partial charge < -0.3 is 9.47 Å². The molecule has 3 rings (SSSR count). The molecule has 0 aromatic carbocycles. The van der Waals surface area contributed by atoms with E-state index in [1.807, 2.05) is 13.8 Å². The standard InChI is InChI=1S/C16H26O5/c1-10-5-6-13-11(2)14(17)19-9-16(13)12(10)7-8-15(3,18-4)20-21-16/h10-13H,5-9H2,1-4H3/t10-,11-,12?,13?,15-,16-/m1/s1. The maximum Gasteiger partial charge on any atom is 0.309 e. The molecule has 5 heteroatoms. The van der Waals surface area contributed by atoms with E-state index in [2.05, 4.69) is 6.92 Å². The van der Waals surface area contributed by atoms with Crippen LogP contribution in [0.3, 0.4) is 0 Å². The molecular weight excluding hydrogens is 272 g/mol. The Morgan fingerprint density at radius 3 is 2.62 bits per heavy atom. The highest BCUT2D eigenvalue weighted by Gasteiger charge is 2.60. The van der Waals surface area contributed by atoms with Crippen molar-refractivity contribution in [2.45, 2.75) is 57.8 Å². The molecule has 0 aromatic rings. The molecule has 5 nitrogen and oxygen atoms in total. The molecule has 6 atom stereocenters. The molecule has 1 aliphatic carbocycles. The van der Waals surface area contributed by atoms with Crippen LogP contribution in [0.4, 0.5) is 0 Å². The van der Waals surface area contributed by atoms with Crippen LogP contribution in [-0.4, -0.2) is 31.1 Å². The van der Waals surface area contributed by atoms with Gasteiger partial charge in [0.25, 0.3) is 0 Å². The van der Waals surface area contributed by atoms with Crippen LogP contribution in [0.1, 0.15) is 46.5 Å². The summed E-state index contributed by atoms with van der Waals surface area (Å²) in [6.45, 7) is 6.42. The molecule has 0 amide bonds. The van der Waals surface area contributed by atoms with E-state index >= 15 is 0 Å². The number of ether oxygens (including phenoxy) is 2. The van der Waals surface area contributed by atoms with Gasteiger partial charge in [-0.25, -0.2) is 9.78 Å². The highest BCUT2D eigenvalue weighted by atomic mass is 17.2. The smallest absolute Gasteiger partial charge is 0.309 e. The Hall–Kier alpha value is -0.650. The van der Waals surface area contributed by atoms with Crippen molar-refractivity contribution in [1.82, 2.24) is 0 Å². The molecule has 3 aliphatic rings. The molecule has 3 fully saturated rings. The van der Waals surface area contributed by atoms with Crippen molar-refractivity contribution in [2.24, 2.45) is 23.7 Å². The summed E-state index contributed by atoms with van der Waals surface area (Å²) >= 11 is 0. The first-order chi connectivity index (χ1) is 9.92. The summed E-state index contributed by atoms with van der Waals surface area (Å²) in [7, 11) is 1.64. The lowest BCUT2D eigenvalue weighted by Gasteiger charge is -2.52. The average Bonchev–Trinajstić information content (AvgIpc) is 2.63. The van der Waals surface area contributed by atoms with Gasteiger partial charge in [-0.2, -0.15) is 0 Å². The molecule has 0 aromatic heterocycles. The third-order valence-electron chi connectivity index (χ3n) is 6.00. The van der Waals surface area contributed by atoms with Crippen LogP contribution < -0.4 is 0 Å². The zero-order valence-electron chi connectivity index (χ0n) is 13.4. The third kappa shape index (κ3) is 2.30. The number of hydrogen-bond acceptors (Lipinski definition) is 5. The van der Waals surface area contributed by atoms with E-state index in [9.17, 15) is 4.79 Å². The molecule has 0 N–H and O–H groups in total. The number of cyclic esters (lactones) is 1. The van der Waals surface area contributed by atoms with Crippen LogP contribution in [-0.2, 0) is 24.0 Å². The summed E-state index contributed by atoms with van der Waals surface area (Å²) in [6, 6.07) is 0. The van der Waals surface area contributed by atoms with Crippen LogP contribution in [0.5, 0.6) is 0 Å². The number of carbonyl (C=O) groups excluding carboxylic acids is 1. The van der Waals surface area contributed by atoms with E-state index in [0.29, 0.717) is 18.4 Å². The molecule has 1 saturated carbocycles. The van der Waals surface area contributed by atoms with Crippen LogP contribution in [0.25, 0.3) is 0 Å². The van der Waals surface area contributed by atoms with E-state index in [-0.39, 0.29) is 17.8 Å². The number of esters is 1. The first-order valence-corrected chi connectivity index (χ1v) is 8.00. The Bertz CT molecular complexity index is 425. The minimum absolute atomic E-state index is 0.110. The molecule has 120 valence electrons. The summed E-state index contributed by atoms with van der Waals surface area (Å²) in [6.07, 6.45) is 3.87. The van der Waals surface area contributed by atoms with E-state index in [1.165, 1.54) is 0 Å². The molecule has 21 heavy (non-hydrogen) atoms. The number of methoxy groups -OCH3 is 1. The maximum atomic E-state index is 11.9. The fourth-order valence-corrected chi connectivity index (χ4v) is 4.45. The zero-order chi connectivity index (χ0) is 15.3. The van der Waals surface area contributed by atoms with Gasteiger partial charge in [-0.1, -0.05) is 13.8 Å². The van der Waals surface area contributed by atoms with Crippen LogP contribution in [0.2, 0.25) is 0 Å². The highest BCUT2D eigenvalue weighted by Crippen LogP contribution is 2.53. The monoisotopic (exact) mass is 298 g/mol. The second kappa shape index (κ2) is 5.21. The SMILES string of the molecule is CO[C@@]1(C)CCC2[C@H](C)CCC3[C@@H](C)C(=O)OC[C@@]23OO1. The quantitative estimate of drug-likeness (QED) is 0.550. The van der Waals surface area contributed by atoms with Crippen molar-refractivity contribution < 1.29 is 24.0 Å². The van der Waals surface area contributed by atoms with Crippen molar-refractivity contribution in [3.8, 4) is 0 Å². The van der Waals surface area contributed by atoms with Gasteiger partial charge in [-0.05, 0) is 38.0 Å². The lowest BCUT2D eigenvalue weighted by molar-refractivity contribution is -0.472. The largest absolute Gasteiger partial charge is 0.462 e. The normalized spacial score (nSPS) is 50.6. The van der Waals surface area contributed by atoms with E-state index in [1.54, 1.807) is 7.11 Å². The Morgan fingerprint density at radius 1 is 1.14 bits per heavy atom. The molecule has 2 heterocycles. The van der Waals surface area contributed by atoms with Crippen LogP contribution in [0, 0.1) is 23.7 Å². The predicted molar refractivity (Wildman–Crippen MR) is 75.1 cm³/mol. The molecular formula is C16H26O5. The fraction of sp³-hybridized carbons (Fsp3) is 0.938. The minimum Gasteiger partial charge on any atom is -0.462 e. The Morgan fingerprint density at radius 2 is 1.90 bits per heavy atom. The highest BCUT2D eigenvalue weighted by molar-refractivity contribution is 5.73. The van der Waals surface area contributed by atoms with Gasteiger partial charge in [0.2, 0.25) is 0 Å². The summed E-state index contributed by atoms with van der Waals surface area (Å²) < 4.78 is 10.9. The van der Waals surface area contributed by atoms with Crippen molar-refractivity contribution in [3.63, 3.8) is 0 Å². The third-order valence-corrected chi connectivity index (χ3v) is 6.00. The van der Waals surface area contributed by atoms with E-state index < -0.39 is 11.4 Å². The van der Waals surface area contributed by atoms with Gasteiger partial charge in [0.15, 0.2) is 5.79 Å². The lowest BCUT2D eigenvalue weighted by atomic mass is 9.59. The van der Waals surface area contributed by atoms with Crippen molar-refractivity contribution in [2.75, 3.05) is 13.7 Å². The summed E-state index contributed by atoms with van der Waals surface area (Å²) in [5, 5.41) is 0. The molecule has 0 bridgehead atoms. The van der Waals surface area contributed by atoms with Gasteiger partial charge in [-0.3, -0.25) is 4.79 Å². The first-order valence-electron chi connectivity index (χ1n) is 8.00. The number of rotatable bonds is 1. The van der Waals surface area contributed by atoms with Gasteiger partial charge >= 0.3 is 5.97 Å². The molecule has 0 radical (unpaired) electrons. The Labute approximate surface area is 126 Å². The predicted octanol–water partition coefficient (Wildman–Crippen LogP) is 2.69. The molecule has 2 aliphatic heterocycles. The second-order valence-corrected chi connectivity index (χ2v) is 7.16. The number of carbonyl (C=O) groups is 1. The second-order valence-electron chi connectivity index (χ2n) is 7.16. The minimum atomic E-state index is -0.721. The topological polar surface area (TPSA) is 54.0 Å². The van der Waals surface area contributed by atoms with Gasteiger partial charge in [0.05, 0.1) is 5.92 Å². The summed E-state index contributed by atoms with van der Waals surface area (Å²) in [5.74, 6) is 0.0719. The van der Waals surface area contributed by atoms with Gasteiger partial charge in [0.1, 0.15) is 12.2 Å². The van der Waals surface area contributed by atoms with Crippen LogP contribution in [0.15, 0.2) is 0 Å². The molecule has 2 unspecified atom stereocenters. The van der Waals surface area contributed by atoms with Gasteiger partial charge in [-0.15, -0.1) is 0 Å². The molecule has 2 saturated heterocycles. The Balaban J connectivity index is 1.95. The summed E-state index contributed by atoms with van der Waals surface area (Å²) in [4.78, 5) is 23.6. The molecule has 1 spiro atoms. The van der Waals surface area contributed by atoms with Gasteiger partial charge in [0, 0.05) is 19.4 Å². The van der Waals surface area contributed by atoms with Crippen molar-refractivity contribution in [3.05, 3.63) is 0 Å². The van der Waals surface area contributed by atoms with Crippen LogP contribution >= 0.6 is 0 Å². The lowest BCUT2D eigenvalue weighted by Crippen LogP contribution is -2.61. The van der Waals surface area contributed by atoms with Crippen molar-refractivity contribution >= 4 is 5.97 Å².